The van der Waals surface area contributed by atoms with Crippen LogP contribution in [0.5, 0.6) is 0 Å². The van der Waals surface area contributed by atoms with Gasteiger partial charge in [0.15, 0.2) is 0 Å². The van der Waals surface area contributed by atoms with E-state index in [0.717, 1.165) is 43.2 Å². The Morgan fingerprint density at radius 3 is 2.50 bits per heavy atom. The Labute approximate surface area is 114 Å². The molecule has 1 atom stereocenters. The van der Waals surface area contributed by atoms with Crippen LogP contribution in [0.2, 0.25) is 0 Å². The molecule has 6 heteroatoms. The van der Waals surface area contributed by atoms with Crippen molar-refractivity contribution in [2.24, 2.45) is 0 Å². The van der Waals surface area contributed by atoms with Gasteiger partial charge in [-0.3, -0.25) is 0 Å². The number of nitrogens with zero attached hydrogens (tertiary/aromatic N) is 1. The fourth-order valence-corrected chi connectivity index (χ4v) is 2.42. The highest BCUT2D eigenvalue weighted by Gasteiger charge is 2.30. The van der Waals surface area contributed by atoms with Gasteiger partial charge in [-0.15, -0.1) is 0 Å². The Kier molecular flexibility index (Phi) is 3.25. The van der Waals surface area contributed by atoms with Gasteiger partial charge >= 0.3 is 6.18 Å². The summed E-state index contributed by atoms with van der Waals surface area (Å²) in [5.74, 6) is 1.25. The Bertz CT molecular complexity index is 580. The summed E-state index contributed by atoms with van der Waals surface area (Å²) >= 11 is 0. The predicted octanol–water partition coefficient (Wildman–Crippen LogP) is 3.17. The van der Waals surface area contributed by atoms with Crippen molar-refractivity contribution in [3.8, 4) is 11.3 Å². The van der Waals surface area contributed by atoms with Crippen LogP contribution in [-0.4, -0.2) is 23.1 Å². The topological polar surface area (TPSA) is 40.7 Å². The second kappa shape index (κ2) is 4.94. The van der Waals surface area contributed by atoms with E-state index in [2.05, 4.69) is 15.3 Å². The molecular formula is C14H14F3N3. The normalized spacial score (nSPS) is 19.4. The number of halogens is 3. The number of imidazole rings is 1. The fourth-order valence-electron chi connectivity index (χ4n) is 2.42. The lowest BCUT2D eigenvalue weighted by Crippen LogP contribution is -2.08. The lowest BCUT2D eigenvalue weighted by molar-refractivity contribution is -0.137. The summed E-state index contributed by atoms with van der Waals surface area (Å²) in [6.45, 7) is 1.86. The molecule has 1 aromatic carbocycles. The van der Waals surface area contributed by atoms with E-state index < -0.39 is 11.7 Å². The molecule has 0 aliphatic carbocycles. The summed E-state index contributed by atoms with van der Waals surface area (Å²) in [5.41, 5.74) is 0.823. The number of hydrogen-bond donors (Lipinski definition) is 2. The Morgan fingerprint density at radius 2 is 1.90 bits per heavy atom. The minimum atomic E-state index is -4.30. The van der Waals surface area contributed by atoms with Crippen LogP contribution in [-0.2, 0) is 6.18 Å². The first-order valence-electron chi connectivity index (χ1n) is 6.47. The van der Waals surface area contributed by atoms with Crippen LogP contribution in [0, 0.1) is 0 Å². The smallest absolute Gasteiger partial charge is 0.342 e. The molecule has 0 bridgehead atoms. The van der Waals surface area contributed by atoms with Crippen LogP contribution < -0.4 is 5.32 Å². The zero-order chi connectivity index (χ0) is 14.2. The molecule has 106 valence electrons. The highest BCUT2D eigenvalue weighted by atomic mass is 19.4. The number of benzene rings is 1. The van der Waals surface area contributed by atoms with Crippen LogP contribution >= 0.6 is 0 Å². The molecule has 20 heavy (non-hydrogen) atoms. The molecule has 0 radical (unpaired) electrons. The largest absolute Gasteiger partial charge is 0.416 e. The standard InChI is InChI=1S/C14H14F3N3/c15-14(16,17)11-3-1-9(2-4-11)12-8-19-13(20-12)10-5-6-18-7-10/h1-4,8,10,18H,5-7H2,(H,19,20). The molecule has 1 aliphatic heterocycles. The molecule has 2 N–H and O–H groups in total. The van der Waals surface area contributed by atoms with Crippen LogP contribution in [0.25, 0.3) is 11.3 Å². The molecule has 1 aliphatic rings. The summed E-state index contributed by atoms with van der Waals surface area (Å²) in [6.07, 6.45) is -1.59. The third kappa shape index (κ3) is 2.56. The summed E-state index contributed by atoms with van der Waals surface area (Å²) < 4.78 is 37.5. The molecule has 3 nitrogen and oxygen atoms in total. The Balaban J connectivity index is 1.82. The van der Waals surface area contributed by atoms with Crippen molar-refractivity contribution in [2.75, 3.05) is 13.1 Å². The zero-order valence-electron chi connectivity index (χ0n) is 10.7. The fraction of sp³-hybridized carbons (Fsp3) is 0.357. The summed E-state index contributed by atoms with van der Waals surface area (Å²) in [4.78, 5) is 7.53. The highest BCUT2D eigenvalue weighted by molar-refractivity contribution is 5.59. The van der Waals surface area contributed by atoms with Gasteiger partial charge in [0.2, 0.25) is 0 Å². The SMILES string of the molecule is FC(F)(F)c1ccc(-c2cnc(C3CCNC3)[nH]2)cc1. The van der Waals surface area contributed by atoms with E-state index in [4.69, 9.17) is 0 Å². The number of rotatable bonds is 2. The van der Waals surface area contributed by atoms with Gasteiger partial charge in [0, 0.05) is 12.5 Å². The summed E-state index contributed by atoms with van der Waals surface area (Å²) in [7, 11) is 0. The van der Waals surface area contributed by atoms with Crippen LogP contribution in [0.4, 0.5) is 13.2 Å². The quantitative estimate of drug-likeness (QED) is 0.887. The molecule has 0 saturated carbocycles. The maximum Gasteiger partial charge on any atom is 0.416 e. The van der Waals surface area contributed by atoms with Crippen molar-refractivity contribution in [3.05, 3.63) is 41.9 Å². The molecule has 1 unspecified atom stereocenters. The number of aromatic nitrogens is 2. The van der Waals surface area contributed by atoms with Crippen LogP contribution in [0.1, 0.15) is 23.7 Å². The highest BCUT2D eigenvalue weighted by Crippen LogP contribution is 2.31. The third-order valence-corrected chi connectivity index (χ3v) is 3.57. The first-order valence-corrected chi connectivity index (χ1v) is 6.47. The van der Waals surface area contributed by atoms with Crippen molar-refractivity contribution < 1.29 is 13.2 Å². The number of alkyl halides is 3. The Morgan fingerprint density at radius 1 is 1.15 bits per heavy atom. The van der Waals surface area contributed by atoms with Gasteiger partial charge in [-0.1, -0.05) is 12.1 Å². The van der Waals surface area contributed by atoms with E-state index in [9.17, 15) is 13.2 Å². The van der Waals surface area contributed by atoms with Crippen LogP contribution in [0.15, 0.2) is 30.5 Å². The monoisotopic (exact) mass is 281 g/mol. The van der Waals surface area contributed by atoms with E-state index in [1.165, 1.54) is 12.1 Å². The average molecular weight is 281 g/mol. The number of aromatic amines is 1. The molecule has 2 heterocycles. The third-order valence-electron chi connectivity index (χ3n) is 3.57. The molecule has 0 amide bonds. The van der Waals surface area contributed by atoms with E-state index >= 15 is 0 Å². The first-order chi connectivity index (χ1) is 9.54. The maximum atomic E-state index is 12.5. The molecule has 1 aromatic heterocycles. The zero-order valence-corrected chi connectivity index (χ0v) is 10.7. The molecule has 2 aromatic rings. The number of H-pyrrole nitrogens is 1. The van der Waals surface area contributed by atoms with E-state index in [1.54, 1.807) is 6.20 Å². The summed E-state index contributed by atoms with van der Waals surface area (Å²) in [5, 5.41) is 3.26. The van der Waals surface area contributed by atoms with Gasteiger partial charge in [-0.2, -0.15) is 13.2 Å². The second-order valence-corrected chi connectivity index (χ2v) is 4.95. The van der Waals surface area contributed by atoms with Crippen molar-refractivity contribution >= 4 is 0 Å². The van der Waals surface area contributed by atoms with Gasteiger partial charge < -0.3 is 10.3 Å². The lowest BCUT2D eigenvalue weighted by Gasteiger charge is -2.07. The van der Waals surface area contributed by atoms with Crippen LogP contribution in [0.3, 0.4) is 0 Å². The maximum absolute atomic E-state index is 12.5. The second-order valence-electron chi connectivity index (χ2n) is 4.95. The van der Waals surface area contributed by atoms with Gasteiger partial charge in [0.25, 0.3) is 0 Å². The minimum absolute atomic E-state index is 0.359. The molecule has 0 spiro atoms. The van der Waals surface area contributed by atoms with Gasteiger partial charge in [-0.25, -0.2) is 4.98 Å². The van der Waals surface area contributed by atoms with Crippen molar-refractivity contribution in [1.82, 2.24) is 15.3 Å². The van der Waals surface area contributed by atoms with Crippen molar-refractivity contribution in [1.29, 1.82) is 0 Å². The van der Waals surface area contributed by atoms with Gasteiger partial charge in [0.05, 0.1) is 17.5 Å². The number of nitrogens with one attached hydrogen (secondary N) is 2. The average Bonchev–Trinajstić information content (AvgIpc) is 3.09. The molecule has 1 saturated heterocycles. The number of hydrogen-bond acceptors (Lipinski definition) is 2. The van der Waals surface area contributed by atoms with Crippen molar-refractivity contribution in [2.45, 2.75) is 18.5 Å². The Hall–Kier alpha value is -1.82. The minimum Gasteiger partial charge on any atom is -0.342 e. The molecule has 3 rings (SSSR count). The molecule has 1 fully saturated rings. The van der Waals surface area contributed by atoms with Crippen molar-refractivity contribution in [3.63, 3.8) is 0 Å². The van der Waals surface area contributed by atoms with E-state index in [-0.39, 0.29) is 0 Å². The molecular weight excluding hydrogens is 267 g/mol. The first kappa shape index (κ1) is 13.2. The van der Waals surface area contributed by atoms with E-state index in [1.807, 2.05) is 0 Å². The summed E-state index contributed by atoms with van der Waals surface area (Å²) in [6, 6.07) is 5.11. The predicted molar refractivity (Wildman–Crippen MR) is 69.3 cm³/mol. The van der Waals surface area contributed by atoms with Gasteiger partial charge in [0.1, 0.15) is 5.82 Å². The van der Waals surface area contributed by atoms with E-state index in [0.29, 0.717) is 11.5 Å². The lowest BCUT2D eigenvalue weighted by atomic mass is 10.1. The van der Waals surface area contributed by atoms with Gasteiger partial charge in [-0.05, 0) is 30.7 Å².